The van der Waals surface area contributed by atoms with Gasteiger partial charge in [-0.25, -0.2) is 4.79 Å². The third kappa shape index (κ3) is 4.14. The smallest absolute Gasteiger partial charge is 0.333 e. The number of rotatable bonds is 7. The Morgan fingerprint density at radius 3 is 2.60 bits per heavy atom. The first-order valence-electron chi connectivity index (χ1n) is 8.13. The number of ether oxygens (including phenoxy) is 1. The van der Waals surface area contributed by atoms with E-state index in [9.17, 15) is 9.90 Å². The van der Waals surface area contributed by atoms with Crippen LogP contribution in [0.5, 0.6) is 0 Å². The van der Waals surface area contributed by atoms with Crippen molar-refractivity contribution in [3.8, 4) is 22.6 Å². The second-order valence-corrected chi connectivity index (χ2v) is 5.63. The molecule has 1 N–H and O–H groups in total. The maximum atomic E-state index is 11.3. The van der Waals surface area contributed by atoms with Crippen molar-refractivity contribution in [1.82, 2.24) is 5.16 Å². The van der Waals surface area contributed by atoms with Crippen molar-refractivity contribution < 1.29 is 19.2 Å². The minimum absolute atomic E-state index is 0.306. The highest BCUT2D eigenvalue weighted by atomic mass is 16.5. The predicted molar refractivity (Wildman–Crippen MR) is 94.1 cm³/mol. The molecule has 5 heteroatoms. The van der Waals surface area contributed by atoms with Crippen LogP contribution in [0, 0.1) is 0 Å². The van der Waals surface area contributed by atoms with Crippen LogP contribution < -0.4 is 0 Å². The lowest BCUT2D eigenvalue weighted by atomic mass is 10.0. The Morgan fingerprint density at radius 2 is 1.88 bits per heavy atom. The van der Waals surface area contributed by atoms with Crippen LogP contribution in [0.15, 0.2) is 65.2 Å². The number of benzene rings is 2. The largest absolute Gasteiger partial charge is 0.479 e. The van der Waals surface area contributed by atoms with Crippen molar-refractivity contribution in [2.75, 3.05) is 6.61 Å². The molecule has 0 bridgehead atoms. The zero-order valence-corrected chi connectivity index (χ0v) is 13.9. The van der Waals surface area contributed by atoms with E-state index >= 15 is 0 Å². The lowest BCUT2D eigenvalue weighted by molar-refractivity contribution is -0.149. The summed E-state index contributed by atoms with van der Waals surface area (Å²) in [5, 5.41) is 13.4. The number of carboxylic acid groups (broad SMARTS) is 1. The number of carboxylic acids is 1. The van der Waals surface area contributed by atoms with Crippen LogP contribution in [-0.4, -0.2) is 28.9 Å². The fourth-order valence-corrected chi connectivity index (χ4v) is 2.64. The van der Waals surface area contributed by atoms with Gasteiger partial charge in [-0.3, -0.25) is 0 Å². The van der Waals surface area contributed by atoms with Crippen LogP contribution >= 0.6 is 0 Å². The lowest BCUT2D eigenvalue weighted by Gasteiger charge is -2.12. The first-order valence-corrected chi connectivity index (χ1v) is 8.13. The highest BCUT2D eigenvalue weighted by Gasteiger charge is 2.18. The molecular formula is C20H19NO4. The molecule has 1 aromatic heterocycles. The Balaban J connectivity index is 1.82. The maximum absolute atomic E-state index is 11.3. The Kier molecular flexibility index (Phi) is 5.26. The molecule has 5 nitrogen and oxygen atoms in total. The number of carbonyl (C=O) groups is 1. The lowest BCUT2D eigenvalue weighted by Crippen LogP contribution is -2.26. The van der Waals surface area contributed by atoms with Gasteiger partial charge in [0.25, 0.3) is 0 Å². The van der Waals surface area contributed by atoms with Gasteiger partial charge in [0.05, 0.1) is 0 Å². The molecule has 1 atom stereocenters. The molecule has 0 aliphatic heterocycles. The van der Waals surface area contributed by atoms with Crippen molar-refractivity contribution in [2.45, 2.75) is 19.4 Å². The van der Waals surface area contributed by atoms with Gasteiger partial charge in [0.1, 0.15) is 5.69 Å². The average Bonchev–Trinajstić information content (AvgIpc) is 3.12. The van der Waals surface area contributed by atoms with Gasteiger partial charge < -0.3 is 14.4 Å². The highest BCUT2D eigenvalue weighted by molar-refractivity contribution is 5.73. The van der Waals surface area contributed by atoms with Gasteiger partial charge in [0.2, 0.25) is 0 Å². The van der Waals surface area contributed by atoms with Gasteiger partial charge >= 0.3 is 5.97 Å². The van der Waals surface area contributed by atoms with E-state index in [1.807, 2.05) is 60.7 Å². The van der Waals surface area contributed by atoms with Crippen LogP contribution in [-0.2, 0) is 16.0 Å². The Labute approximate surface area is 145 Å². The van der Waals surface area contributed by atoms with E-state index in [1.54, 1.807) is 6.92 Å². The van der Waals surface area contributed by atoms with E-state index in [1.165, 1.54) is 0 Å². The van der Waals surface area contributed by atoms with Gasteiger partial charge in [0, 0.05) is 30.2 Å². The summed E-state index contributed by atoms with van der Waals surface area (Å²) in [6.07, 6.45) is -0.544. The summed E-state index contributed by atoms with van der Waals surface area (Å²) in [5.74, 6) is -0.265. The normalized spacial score (nSPS) is 12.0. The van der Waals surface area contributed by atoms with Crippen molar-refractivity contribution in [3.05, 3.63) is 66.2 Å². The first kappa shape index (κ1) is 16.9. The molecule has 2 aromatic carbocycles. The van der Waals surface area contributed by atoms with E-state index in [2.05, 4.69) is 5.16 Å². The summed E-state index contributed by atoms with van der Waals surface area (Å²) >= 11 is 0. The quantitative estimate of drug-likeness (QED) is 0.704. The Bertz CT molecular complexity index is 842. The molecule has 0 saturated carbocycles. The topological polar surface area (TPSA) is 72.6 Å². The van der Waals surface area contributed by atoms with Crippen molar-refractivity contribution >= 4 is 5.97 Å². The summed E-state index contributed by atoms with van der Waals surface area (Å²) in [6.45, 7) is 2.15. The van der Waals surface area contributed by atoms with Gasteiger partial charge in [-0.1, -0.05) is 53.7 Å². The third-order valence-corrected chi connectivity index (χ3v) is 3.86. The summed E-state index contributed by atoms with van der Waals surface area (Å²) in [5.41, 5.74) is 3.43. The predicted octanol–water partition coefficient (Wildman–Crippen LogP) is 4.04. The summed E-state index contributed by atoms with van der Waals surface area (Å²) in [6, 6.07) is 19.2. The average molecular weight is 337 g/mol. The van der Waals surface area contributed by atoms with Gasteiger partial charge in [-0.15, -0.1) is 0 Å². The molecule has 0 spiro atoms. The summed E-state index contributed by atoms with van der Waals surface area (Å²) in [7, 11) is 0. The van der Waals surface area contributed by atoms with Crippen molar-refractivity contribution in [2.24, 2.45) is 0 Å². The van der Waals surface area contributed by atoms with E-state index in [0.29, 0.717) is 24.5 Å². The molecule has 0 fully saturated rings. The van der Waals surface area contributed by atoms with Crippen molar-refractivity contribution in [3.63, 3.8) is 0 Å². The van der Waals surface area contributed by atoms with E-state index in [-0.39, 0.29) is 0 Å². The van der Waals surface area contributed by atoms with Crippen LogP contribution in [0.2, 0.25) is 0 Å². The molecule has 1 heterocycles. The number of hydrogen-bond acceptors (Lipinski definition) is 4. The Morgan fingerprint density at radius 1 is 1.12 bits per heavy atom. The monoisotopic (exact) mass is 337 g/mol. The molecular weight excluding hydrogens is 318 g/mol. The van der Waals surface area contributed by atoms with Gasteiger partial charge in [-0.2, -0.15) is 0 Å². The second kappa shape index (κ2) is 7.77. The molecule has 0 aliphatic rings. The van der Waals surface area contributed by atoms with Crippen LogP contribution in [0.1, 0.15) is 12.5 Å². The maximum Gasteiger partial charge on any atom is 0.333 e. The number of aliphatic carboxylic acids is 1. The molecule has 0 unspecified atom stereocenters. The fourth-order valence-electron chi connectivity index (χ4n) is 2.64. The second-order valence-electron chi connectivity index (χ2n) is 5.63. The number of nitrogens with zero attached hydrogens (tertiary/aromatic N) is 1. The van der Waals surface area contributed by atoms with Crippen LogP contribution in [0.3, 0.4) is 0 Å². The molecule has 3 aromatic rings. The van der Waals surface area contributed by atoms with Crippen molar-refractivity contribution in [1.29, 1.82) is 0 Å². The SMILES string of the molecule is CCO[C@@H](Cc1cccc(-c2cc(-c3ccccc3)on2)c1)C(=O)O. The summed E-state index contributed by atoms with van der Waals surface area (Å²) < 4.78 is 10.7. The highest BCUT2D eigenvalue weighted by Crippen LogP contribution is 2.26. The molecule has 128 valence electrons. The molecule has 25 heavy (non-hydrogen) atoms. The van der Waals surface area contributed by atoms with Gasteiger partial charge in [0.15, 0.2) is 11.9 Å². The first-order chi connectivity index (χ1) is 12.2. The molecule has 3 rings (SSSR count). The standard InChI is InChI=1S/C20H19NO4/c1-2-24-19(20(22)23)12-14-7-6-10-16(11-14)17-13-18(25-21-17)15-8-4-3-5-9-15/h3-11,13,19H,2,12H2,1H3,(H,22,23)/t19-/m0/s1. The molecule has 0 amide bonds. The zero-order chi connectivity index (χ0) is 17.6. The zero-order valence-electron chi connectivity index (χ0n) is 13.9. The van der Waals surface area contributed by atoms with Gasteiger partial charge in [-0.05, 0) is 18.6 Å². The molecule has 0 saturated heterocycles. The molecule has 0 radical (unpaired) electrons. The molecule has 0 aliphatic carbocycles. The van der Waals surface area contributed by atoms with E-state index in [4.69, 9.17) is 9.26 Å². The summed E-state index contributed by atoms with van der Waals surface area (Å²) in [4.78, 5) is 11.3. The van der Waals surface area contributed by atoms with E-state index < -0.39 is 12.1 Å². The van der Waals surface area contributed by atoms with Crippen LogP contribution in [0.25, 0.3) is 22.6 Å². The van der Waals surface area contributed by atoms with Crippen LogP contribution in [0.4, 0.5) is 0 Å². The third-order valence-electron chi connectivity index (χ3n) is 3.86. The fraction of sp³-hybridized carbons (Fsp3) is 0.200. The number of hydrogen-bond donors (Lipinski definition) is 1. The Hall–Kier alpha value is -2.92. The minimum atomic E-state index is -0.958. The number of aromatic nitrogens is 1. The minimum Gasteiger partial charge on any atom is -0.479 e. The van der Waals surface area contributed by atoms with E-state index in [0.717, 1.165) is 16.7 Å².